The van der Waals surface area contributed by atoms with Gasteiger partial charge in [-0.3, -0.25) is 4.79 Å². The van der Waals surface area contributed by atoms with E-state index in [2.05, 4.69) is 15.5 Å². The largest absolute Gasteiger partial charge is 0.364 e. The molecule has 2 heterocycles. The van der Waals surface area contributed by atoms with Crippen molar-refractivity contribution in [2.75, 3.05) is 29.9 Å². The van der Waals surface area contributed by atoms with Crippen molar-refractivity contribution in [1.82, 2.24) is 5.32 Å². The topological polar surface area (TPSA) is 44.4 Å². The standard InChI is InChI=1S/C12H14ClN3O/c13-8-1-2-11-10(5-8)15-12(17)6-9-7-14-3-4-16(9)11/h1-2,5,9,14H,3-4,6-7H2,(H,15,17). The van der Waals surface area contributed by atoms with Crippen LogP contribution in [0.4, 0.5) is 11.4 Å². The molecule has 0 radical (unpaired) electrons. The summed E-state index contributed by atoms with van der Waals surface area (Å²) >= 11 is 5.97. The van der Waals surface area contributed by atoms with Crippen LogP contribution in [0.3, 0.4) is 0 Å². The van der Waals surface area contributed by atoms with Crippen LogP contribution >= 0.6 is 11.6 Å². The Morgan fingerprint density at radius 3 is 3.18 bits per heavy atom. The maximum atomic E-state index is 11.8. The molecular formula is C12H14ClN3O. The molecule has 0 aromatic heterocycles. The number of carbonyl (C=O) groups is 1. The number of rotatable bonds is 0. The molecule has 0 bridgehead atoms. The van der Waals surface area contributed by atoms with Crippen molar-refractivity contribution in [2.24, 2.45) is 0 Å². The van der Waals surface area contributed by atoms with E-state index < -0.39 is 0 Å². The van der Waals surface area contributed by atoms with Gasteiger partial charge in [0.2, 0.25) is 5.91 Å². The number of anilines is 2. The van der Waals surface area contributed by atoms with Crippen LogP contribution in [0, 0.1) is 0 Å². The first-order valence-electron chi connectivity index (χ1n) is 5.81. The highest BCUT2D eigenvalue weighted by molar-refractivity contribution is 6.31. The van der Waals surface area contributed by atoms with Crippen molar-refractivity contribution < 1.29 is 4.79 Å². The Bertz CT molecular complexity index is 463. The van der Waals surface area contributed by atoms with E-state index in [0.29, 0.717) is 11.4 Å². The molecule has 0 spiro atoms. The van der Waals surface area contributed by atoms with Crippen LogP contribution in [0.2, 0.25) is 5.02 Å². The molecule has 4 nitrogen and oxygen atoms in total. The van der Waals surface area contributed by atoms with E-state index in [1.165, 1.54) is 0 Å². The fourth-order valence-corrected chi connectivity index (χ4v) is 2.71. The Kier molecular flexibility index (Phi) is 2.68. The molecule has 1 atom stereocenters. The fourth-order valence-electron chi connectivity index (χ4n) is 2.53. The lowest BCUT2D eigenvalue weighted by Gasteiger charge is -2.36. The maximum absolute atomic E-state index is 11.8. The van der Waals surface area contributed by atoms with E-state index in [9.17, 15) is 4.79 Å². The molecule has 17 heavy (non-hydrogen) atoms. The first kappa shape index (κ1) is 10.9. The predicted molar refractivity (Wildman–Crippen MR) is 68.7 cm³/mol. The SMILES string of the molecule is O=C1CC2CNCCN2c2ccc(Cl)cc2N1. The lowest BCUT2D eigenvalue weighted by molar-refractivity contribution is -0.116. The van der Waals surface area contributed by atoms with Crippen molar-refractivity contribution in [1.29, 1.82) is 0 Å². The first-order chi connectivity index (χ1) is 8.24. The minimum absolute atomic E-state index is 0.0599. The second-order valence-electron chi connectivity index (χ2n) is 4.47. The summed E-state index contributed by atoms with van der Waals surface area (Å²) in [6, 6.07) is 5.92. The van der Waals surface area contributed by atoms with Gasteiger partial charge in [-0.25, -0.2) is 0 Å². The number of benzene rings is 1. The molecule has 90 valence electrons. The summed E-state index contributed by atoms with van der Waals surface area (Å²) in [6.07, 6.45) is 0.527. The number of hydrogen-bond donors (Lipinski definition) is 2. The average Bonchev–Trinajstić information content (AvgIpc) is 2.43. The highest BCUT2D eigenvalue weighted by Gasteiger charge is 2.29. The van der Waals surface area contributed by atoms with Gasteiger partial charge in [0, 0.05) is 31.1 Å². The second-order valence-corrected chi connectivity index (χ2v) is 4.90. The number of piperazine rings is 1. The summed E-state index contributed by atoms with van der Waals surface area (Å²) < 4.78 is 0. The number of fused-ring (bicyclic) bond motifs is 3. The molecule has 3 rings (SSSR count). The molecular weight excluding hydrogens is 238 g/mol. The molecule has 1 saturated heterocycles. The van der Waals surface area contributed by atoms with Gasteiger partial charge in [-0.05, 0) is 18.2 Å². The molecule has 1 aromatic rings. The third kappa shape index (κ3) is 1.98. The van der Waals surface area contributed by atoms with Gasteiger partial charge in [-0.1, -0.05) is 11.6 Å². The number of nitrogens with one attached hydrogen (secondary N) is 2. The van der Waals surface area contributed by atoms with E-state index in [1.807, 2.05) is 18.2 Å². The van der Waals surface area contributed by atoms with Crippen LogP contribution < -0.4 is 15.5 Å². The highest BCUT2D eigenvalue weighted by Crippen LogP contribution is 2.33. The fraction of sp³-hybridized carbons (Fsp3) is 0.417. The van der Waals surface area contributed by atoms with Crippen LogP contribution in [0.1, 0.15) is 6.42 Å². The predicted octanol–water partition coefficient (Wildman–Crippen LogP) is 1.46. The lowest BCUT2D eigenvalue weighted by atomic mass is 10.1. The number of halogens is 1. The van der Waals surface area contributed by atoms with E-state index in [1.54, 1.807) is 0 Å². The van der Waals surface area contributed by atoms with Crippen molar-refractivity contribution in [3.63, 3.8) is 0 Å². The monoisotopic (exact) mass is 251 g/mol. The molecule has 1 amide bonds. The summed E-state index contributed by atoms with van der Waals surface area (Å²) in [5.74, 6) is 0.0599. The van der Waals surface area contributed by atoms with Crippen LogP contribution in [0.15, 0.2) is 18.2 Å². The van der Waals surface area contributed by atoms with Crippen molar-refractivity contribution in [3.8, 4) is 0 Å². The van der Waals surface area contributed by atoms with Crippen LogP contribution in [0.25, 0.3) is 0 Å². The molecule has 1 aromatic carbocycles. The van der Waals surface area contributed by atoms with Gasteiger partial charge in [0.15, 0.2) is 0 Å². The molecule has 2 N–H and O–H groups in total. The van der Waals surface area contributed by atoms with E-state index in [-0.39, 0.29) is 11.9 Å². The van der Waals surface area contributed by atoms with Gasteiger partial charge in [0.25, 0.3) is 0 Å². The van der Waals surface area contributed by atoms with Gasteiger partial charge in [-0.15, -0.1) is 0 Å². The third-order valence-electron chi connectivity index (χ3n) is 3.31. The zero-order valence-corrected chi connectivity index (χ0v) is 10.1. The zero-order chi connectivity index (χ0) is 11.8. The molecule has 5 heteroatoms. The molecule has 1 unspecified atom stereocenters. The Morgan fingerprint density at radius 2 is 2.29 bits per heavy atom. The van der Waals surface area contributed by atoms with E-state index in [4.69, 9.17) is 11.6 Å². The summed E-state index contributed by atoms with van der Waals surface area (Å²) in [5, 5.41) is 6.90. The molecule has 2 aliphatic heterocycles. The minimum Gasteiger partial charge on any atom is -0.364 e. The van der Waals surface area contributed by atoms with Gasteiger partial charge in [0.05, 0.1) is 17.4 Å². The van der Waals surface area contributed by atoms with Crippen LogP contribution in [-0.2, 0) is 4.79 Å². The van der Waals surface area contributed by atoms with Gasteiger partial charge in [-0.2, -0.15) is 0 Å². The molecule has 1 fully saturated rings. The maximum Gasteiger partial charge on any atom is 0.226 e. The Balaban J connectivity index is 2.05. The van der Waals surface area contributed by atoms with Crippen molar-refractivity contribution in [2.45, 2.75) is 12.5 Å². The number of nitrogens with zero attached hydrogens (tertiary/aromatic N) is 1. The average molecular weight is 252 g/mol. The third-order valence-corrected chi connectivity index (χ3v) is 3.55. The summed E-state index contributed by atoms with van der Waals surface area (Å²) in [5.41, 5.74) is 1.90. The Hall–Kier alpha value is -1.26. The van der Waals surface area contributed by atoms with E-state index in [0.717, 1.165) is 31.0 Å². The lowest BCUT2D eigenvalue weighted by Crippen LogP contribution is -2.51. The normalized spacial score (nSPS) is 23.5. The summed E-state index contributed by atoms with van der Waals surface area (Å²) in [6.45, 7) is 2.73. The molecule has 2 aliphatic rings. The number of carbonyl (C=O) groups excluding carboxylic acids is 1. The summed E-state index contributed by atoms with van der Waals surface area (Å²) in [7, 11) is 0. The van der Waals surface area contributed by atoms with E-state index >= 15 is 0 Å². The van der Waals surface area contributed by atoms with Crippen molar-refractivity contribution >= 4 is 28.9 Å². The molecule has 0 aliphatic carbocycles. The van der Waals surface area contributed by atoms with Crippen LogP contribution in [-0.4, -0.2) is 31.6 Å². The second kappa shape index (κ2) is 4.20. The van der Waals surface area contributed by atoms with Crippen LogP contribution in [0.5, 0.6) is 0 Å². The smallest absolute Gasteiger partial charge is 0.226 e. The number of hydrogen-bond acceptors (Lipinski definition) is 3. The molecule has 0 saturated carbocycles. The number of amides is 1. The Morgan fingerprint density at radius 1 is 1.41 bits per heavy atom. The summed E-state index contributed by atoms with van der Waals surface area (Å²) in [4.78, 5) is 14.1. The van der Waals surface area contributed by atoms with Gasteiger partial charge >= 0.3 is 0 Å². The van der Waals surface area contributed by atoms with Gasteiger partial charge in [0.1, 0.15) is 0 Å². The zero-order valence-electron chi connectivity index (χ0n) is 9.37. The minimum atomic E-state index is 0.0599. The highest BCUT2D eigenvalue weighted by atomic mass is 35.5. The quantitative estimate of drug-likeness (QED) is 0.734. The Labute approximate surface area is 105 Å². The first-order valence-corrected chi connectivity index (χ1v) is 6.18. The van der Waals surface area contributed by atoms with Crippen molar-refractivity contribution in [3.05, 3.63) is 23.2 Å². The van der Waals surface area contributed by atoms with Gasteiger partial charge < -0.3 is 15.5 Å².